The maximum Gasteiger partial charge on any atom is 0.416 e. The van der Waals surface area contributed by atoms with Crippen LogP contribution in [-0.2, 0) is 17.5 Å². The minimum absolute atomic E-state index is 0.0260. The maximum absolute atomic E-state index is 12.6. The molecule has 0 heterocycles. The number of hydrogen-bond acceptors (Lipinski definition) is 4. The van der Waals surface area contributed by atoms with Crippen LogP contribution in [0.25, 0.3) is 0 Å². The van der Waals surface area contributed by atoms with Gasteiger partial charge in [-0.25, -0.2) is 4.79 Å². The zero-order valence-corrected chi connectivity index (χ0v) is 9.91. The fourth-order valence-electron chi connectivity index (χ4n) is 1.50. The molecule has 0 aliphatic heterocycles. The molecular formula is C12H10F3NO3. The van der Waals surface area contributed by atoms with E-state index >= 15 is 0 Å². The highest BCUT2D eigenvalue weighted by Gasteiger charge is 2.33. The normalized spacial score (nSPS) is 10.9. The monoisotopic (exact) mass is 273 g/mol. The van der Waals surface area contributed by atoms with Crippen molar-refractivity contribution in [3.8, 4) is 6.07 Å². The summed E-state index contributed by atoms with van der Waals surface area (Å²) in [7, 11) is 0. The molecule has 0 radical (unpaired) electrons. The van der Waals surface area contributed by atoms with Crippen molar-refractivity contribution in [3.63, 3.8) is 0 Å². The average molecular weight is 273 g/mol. The first-order valence-corrected chi connectivity index (χ1v) is 5.27. The van der Waals surface area contributed by atoms with Gasteiger partial charge in [0.25, 0.3) is 0 Å². The molecule has 1 aromatic carbocycles. The number of aliphatic hydroxyl groups excluding tert-OH is 1. The summed E-state index contributed by atoms with van der Waals surface area (Å²) < 4.78 is 42.5. The van der Waals surface area contributed by atoms with Crippen LogP contribution >= 0.6 is 0 Å². The first-order valence-electron chi connectivity index (χ1n) is 5.27. The second-order valence-electron chi connectivity index (χ2n) is 3.54. The van der Waals surface area contributed by atoms with Gasteiger partial charge in [-0.15, -0.1) is 0 Å². The molecule has 0 saturated carbocycles. The molecule has 7 heteroatoms. The van der Waals surface area contributed by atoms with E-state index in [9.17, 15) is 18.0 Å². The molecule has 1 N–H and O–H groups in total. The number of esters is 1. The summed E-state index contributed by atoms with van der Waals surface area (Å²) in [5.41, 5.74) is -2.16. The summed E-state index contributed by atoms with van der Waals surface area (Å²) in [6, 6.07) is 2.69. The van der Waals surface area contributed by atoms with E-state index < -0.39 is 35.4 Å². The summed E-state index contributed by atoms with van der Waals surface area (Å²) in [5, 5.41) is 17.9. The van der Waals surface area contributed by atoms with E-state index in [-0.39, 0.29) is 12.2 Å². The predicted molar refractivity (Wildman–Crippen MR) is 58.0 cm³/mol. The molecule has 1 aromatic rings. The largest absolute Gasteiger partial charge is 0.462 e. The first-order chi connectivity index (χ1) is 8.85. The summed E-state index contributed by atoms with van der Waals surface area (Å²) >= 11 is 0. The quantitative estimate of drug-likeness (QED) is 0.857. The van der Waals surface area contributed by atoms with E-state index in [1.165, 1.54) is 13.0 Å². The molecule has 102 valence electrons. The fourth-order valence-corrected chi connectivity index (χ4v) is 1.50. The molecule has 0 atom stereocenters. The number of carbonyl (C=O) groups is 1. The van der Waals surface area contributed by atoms with E-state index in [0.717, 1.165) is 0 Å². The van der Waals surface area contributed by atoms with Crippen molar-refractivity contribution in [2.24, 2.45) is 0 Å². The molecular weight excluding hydrogens is 263 g/mol. The van der Waals surface area contributed by atoms with Crippen LogP contribution in [0.5, 0.6) is 0 Å². The zero-order chi connectivity index (χ0) is 14.6. The van der Waals surface area contributed by atoms with Gasteiger partial charge in [0.05, 0.1) is 36.0 Å². The zero-order valence-electron chi connectivity index (χ0n) is 9.91. The molecule has 1 rings (SSSR count). The minimum atomic E-state index is -4.69. The highest BCUT2D eigenvalue weighted by molar-refractivity contribution is 5.92. The van der Waals surface area contributed by atoms with E-state index in [1.54, 1.807) is 0 Å². The topological polar surface area (TPSA) is 70.3 Å². The Morgan fingerprint density at radius 1 is 1.47 bits per heavy atom. The van der Waals surface area contributed by atoms with Crippen molar-refractivity contribution in [1.29, 1.82) is 5.26 Å². The summed E-state index contributed by atoms with van der Waals surface area (Å²) in [5.74, 6) is -1.01. The smallest absolute Gasteiger partial charge is 0.416 e. The standard InChI is InChI=1S/C12H10F3NO3/c1-2-19-11(18)9-4-8(12(13,14)15)3-7(5-16)10(9)6-17/h3-4,17H,2,6H2,1H3. The van der Waals surface area contributed by atoms with Crippen LogP contribution in [0.15, 0.2) is 12.1 Å². The number of halogens is 3. The Labute approximate surface area is 107 Å². The highest BCUT2D eigenvalue weighted by atomic mass is 19.4. The molecule has 0 spiro atoms. The third-order valence-corrected chi connectivity index (χ3v) is 2.35. The van der Waals surface area contributed by atoms with Crippen molar-refractivity contribution in [2.75, 3.05) is 6.61 Å². The highest BCUT2D eigenvalue weighted by Crippen LogP contribution is 2.32. The summed E-state index contributed by atoms with van der Waals surface area (Å²) in [6.07, 6.45) is -4.69. The number of benzene rings is 1. The average Bonchev–Trinajstić information content (AvgIpc) is 2.36. The SMILES string of the molecule is CCOC(=O)c1cc(C(F)(F)F)cc(C#N)c1CO. The van der Waals surface area contributed by atoms with E-state index in [4.69, 9.17) is 10.4 Å². The molecule has 0 aliphatic carbocycles. The third kappa shape index (κ3) is 3.23. The Kier molecular flexibility index (Phi) is 4.51. The van der Waals surface area contributed by atoms with E-state index in [2.05, 4.69) is 4.74 Å². The molecule has 0 bridgehead atoms. The molecule has 4 nitrogen and oxygen atoms in total. The van der Waals surface area contributed by atoms with Crippen molar-refractivity contribution in [3.05, 3.63) is 34.4 Å². The molecule has 0 aliphatic rings. The second kappa shape index (κ2) is 5.71. The minimum Gasteiger partial charge on any atom is -0.462 e. The van der Waals surface area contributed by atoms with Crippen LogP contribution in [0.3, 0.4) is 0 Å². The van der Waals surface area contributed by atoms with Crippen LogP contribution in [0.4, 0.5) is 13.2 Å². The van der Waals surface area contributed by atoms with Crippen LogP contribution in [0.2, 0.25) is 0 Å². The van der Waals surface area contributed by atoms with Gasteiger partial charge in [0.1, 0.15) is 0 Å². The van der Waals surface area contributed by atoms with Gasteiger partial charge in [-0.2, -0.15) is 18.4 Å². The van der Waals surface area contributed by atoms with Crippen molar-refractivity contribution in [2.45, 2.75) is 19.7 Å². The molecule has 0 unspecified atom stereocenters. The lowest BCUT2D eigenvalue weighted by Gasteiger charge is -2.13. The van der Waals surface area contributed by atoms with Gasteiger partial charge in [-0.1, -0.05) is 0 Å². The first kappa shape index (κ1) is 15.0. The number of nitrogens with zero attached hydrogens (tertiary/aromatic N) is 1. The van der Waals surface area contributed by atoms with Crippen molar-refractivity contribution < 1.29 is 27.8 Å². The van der Waals surface area contributed by atoms with Gasteiger partial charge in [0.2, 0.25) is 0 Å². The van der Waals surface area contributed by atoms with Gasteiger partial charge in [0, 0.05) is 5.56 Å². The Balaban J connectivity index is 3.50. The predicted octanol–water partition coefficient (Wildman–Crippen LogP) is 2.25. The molecule has 0 aromatic heterocycles. The van der Waals surface area contributed by atoms with Crippen LogP contribution < -0.4 is 0 Å². The van der Waals surface area contributed by atoms with Crippen LogP contribution in [0.1, 0.15) is 34.0 Å². The molecule has 0 saturated heterocycles. The number of carbonyl (C=O) groups excluding carboxylic acids is 1. The number of rotatable bonds is 3. The van der Waals surface area contributed by atoms with Gasteiger partial charge < -0.3 is 9.84 Å². The lowest BCUT2D eigenvalue weighted by molar-refractivity contribution is -0.137. The maximum atomic E-state index is 12.6. The lowest BCUT2D eigenvalue weighted by Crippen LogP contribution is -2.14. The van der Waals surface area contributed by atoms with Gasteiger partial charge in [-0.05, 0) is 19.1 Å². The molecule has 19 heavy (non-hydrogen) atoms. The van der Waals surface area contributed by atoms with Crippen molar-refractivity contribution in [1.82, 2.24) is 0 Å². The Hall–Kier alpha value is -2.07. The van der Waals surface area contributed by atoms with Gasteiger partial charge in [0.15, 0.2) is 0 Å². The summed E-state index contributed by atoms with van der Waals surface area (Å²) in [4.78, 5) is 11.6. The van der Waals surface area contributed by atoms with Gasteiger partial charge >= 0.3 is 12.1 Å². The van der Waals surface area contributed by atoms with Crippen molar-refractivity contribution >= 4 is 5.97 Å². The second-order valence-corrected chi connectivity index (χ2v) is 3.54. The molecule has 0 amide bonds. The fraction of sp³-hybridized carbons (Fsp3) is 0.333. The number of aliphatic hydroxyl groups is 1. The molecule has 0 fully saturated rings. The Bertz CT molecular complexity index is 532. The Morgan fingerprint density at radius 3 is 2.53 bits per heavy atom. The summed E-state index contributed by atoms with van der Waals surface area (Å²) in [6.45, 7) is 0.742. The van der Waals surface area contributed by atoms with E-state index in [1.807, 2.05) is 0 Å². The van der Waals surface area contributed by atoms with Crippen LogP contribution in [0, 0.1) is 11.3 Å². The number of nitriles is 1. The third-order valence-electron chi connectivity index (χ3n) is 2.35. The van der Waals surface area contributed by atoms with Gasteiger partial charge in [-0.3, -0.25) is 0 Å². The lowest BCUT2D eigenvalue weighted by atomic mass is 9.98. The number of alkyl halides is 3. The van der Waals surface area contributed by atoms with Crippen LogP contribution in [-0.4, -0.2) is 17.7 Å². The Morgan fingerprint density at radius 2 is 2.11 bits per heavy atom. The number of ether oxygens (including phenoxy) is 1. The van der Waals surface area contributed by atoms with E-state index in [0.29, 0.717) is 12.1 Å². The number of hydrogen-bond donors (Lipinski definition) is 1.